The highest BCUT2D eigenvalue weighted by atomic mass is 19.0. The molecule has 0 fully saturated rings. The highest BCUT2D eigenvalue weighted by Crippen LogP contribution is 1.82. The minimum absolute atomic E-state index is 0. The fourth-order valence-corrected chi connectivity index (χ4v) is 0.637. The van der Waals surface area contributed by atoms with Gasteiger partial charge in [-0.1, -0.05) is 0 Å². The van der Waals surface area contributed by atoms with E-state index in [0.29, 0.717) is 0 Å². The zero-order valence-electron chi connectivity index (χ0n) is 8.08. The molecule has 0 N–H and O–H groups in total. The van der Waals surface area contributed by atoms with Crippen LogP contribution in [0.4, 0.5) is 4.70 Å². The summed E-state index contributed by atoms with van der Waals surface area (Å²) in [6, 6.07) is 2.64. The van der Waals surface area contributed by atoms with Crippen LogP contribution < -0.4 is 0 Å². The highest BCUT2D eigenvalue weighted by Gasteiger charge is 1.86. The van der Waals surface area contributed by atoms with Gasteiger partial charge in [-0.2, -0.15) is 0 Å². The van der Waals surface area contributed by atoms with Gasteiger partial charge in [-0.05, 0) is 34.0 Å². The molecular weight excluding hydrogens is 157 g/mol. The Morgan fingerprint density at radius 1 is 1.25 bits per heavy atom. The van der Waals surface area contributed by atoms with Crippen molar-refractivity contribution < 1.29 is 4.70 Å². The number of aliphatic imine (C=N–C) groups is 2. The zero-order valence-corrected chi connectivity index (χ0v) is 8.08. The van der Waals surface area contributed by atoms with Gasteiger partial charge in [-0.3, -0.25) is 4.70 Å². The molecule has 0 aromatic rings. The molecule has 4 heteroatoms. The Hall–Kier alpha value is -0.730. The second-order valence-corrected chi connectivity index (χ2v) is 2.61. The van der Waals surface area contributed by atoms with Crippen molar-refractivity contribution in [2.45, 2.75) is 13.3 Å². The average Bonchev–Trinajstić information content (AvgIpc) is 1.96. The molecule has 72 valence electrons. The van der Waals surface area contributed by atoms with E-state index in [1.165, 1.54) is 0 Å². The normalized spacial score (nSPS) is 8.67. The first-order valence-electron chi connectivity index (χ1n) is 4.00. The maximum atomic E-state index is 3.99. The summed E-state index contributed by atoms with van der Waals surface area (Å²) in [4.78, 5) is 9.99. The lowest BCUT2D eigenvalue weighted by atomic mass is 10.4. The van der Waals surface area contributed by atoms with Crippen LogP contribution in [0.5, 0.6) is 0 Å². The first-order chi connectivity index (χ1) is 5.27. The van der Waals surface area contributed by atoms with Crippen LogP contribution in [0, 0.1) is 0 Å². The van der Waals surface area contributed by atoms with Crippen molar-refractivity contribution >= 4 is 6.01 Å². The molecule has 0 aromatic heterocycles. The zero-order chi connectivity index (χ0) is 8.53. The molecule has 0 bridgehead atoms. The summed E-state index contributed by atoms with van der Waals surface area (Å²) in [5, 5.41) is 0. The van der Waals surface area contributed by atoms with Gasteiger partial charge in [0.25, 0.3) is 0 Å². The minimum atomic E-state index is 0. The molecule has 12 heavy (non-hydrogen) atoms. The van der Waals surface area contributed by atoms with Crippen molar-refractivity contribution in [2.75, 3.05) is 33.7 Å². The molecule has 0 radical (unpaired) electrons. The van der Waals surface area contributed by atoms with Crippen LogP contribution in [0.3, 0.4) is 0 Å². The van der Waals surface area contributed by atoms with Gasteiger partial charge in [-0.25, -0.2) is 9.98 Å². The van der Waals surface area contributed by atoms with Crippen LogP contribution in [-0.4, -0.2) is 44.6 Å². The van der Waals surface area contributed by atoms with Crippen LogP contribution in [0.1, 0.15) is 13.3 Å². The summed E-state index contributed by atoms with van der Waals surface area (Å²) in [5.41, 5.74) is 0. The Morgan fingerprint density at radius 3 is 2.42 bits per heavy atom. The number of rotatable bonds is 5. The van der Waals surface area contributed by atoms with E-state index < -0.39 is 0 Å². The second-order valence-electron chi connectivity index (χ2n) is 2.61. The summed E-state index contributed by atoms with van der Waals surface area (Å²) < 4.78 is 0. The lowest BCUT2D eigenvalue weighted by Gasteiger charge is -2.05. The van der Waals surface area contributed by atoms with Gasteiger partial charge in [0.15, 0.2) is 0 Å². The topological polar surface area (TPSA) is 28.0 Å². The Bertz CT molecular complexity index is 139. The van der Waals surface area contributed by atoms with Crippen molar-refractivity contribution in [1.82, 2.24) is 4.90 Å². The monoisotopic (exact) mass is 175 g/mol. The number of nitrogens with zero attached hydrogens (tertiary/aromatic N) is 3. The van der Waals surface area contributed by atoms with Gasteiger partial charge in [0.1, 0.15) is 0 Å². The summed E-state index contributed by atoms with van der Waals surface area (Å²) in [5.74, 6) is 0. The summed E-state index contributed by atoms with van der Waals surface area (Å²) in [6.07, 6.45) is 1.08. The minimum Gasteiger partial charge on any atom is -0.309 e. The lowest BCUT2D eigenvalue weighted by Crippen LogP contribution is -2.13. The molecule has 0 aromatic carbocycles. The van der Waals surface area contributed by atoms with E-state index in [0.717, 1.165) is 26.1 Å². The molecule has 0 spiro atoms. The van der Waals surface area contributed by atoms with E-state index in [2.05, 4.69) is 35.0 Å². The maximum absolute atomic E-state index is 3.99. The molecule has 0 unspecified atom stereocenters. The van der Waals surface area contributed by atoms with Crippen LogP contribution >= 0.6 is 0 Å². The Balaban J connectivity index is 0. The Labute approximate surface area is 73.6 Å². The van der Waals surface area contributed by atoms with E-state index in [-0.39, 0.29) is 4.70 Å². The van der Waals surface area contributed by atoms with E-state index in [4.69, 9.17) is 0 Å². The molecule has 0 rings (SSSR count). The van der Waals surface area contributed by atoms with Gasteiger partial charge < -0.3 is 4.90 Å². The number of halogens is 1. The van der Waals surface area contributed by atoms with E-state index >= 15 is 0 Å². The Morgan fingerprint density at radius 2 is 1.92 bits per heavy atom. The van der Waals surface area contributed by atoms with Gasteiger partial charge in [-0.15, -0.1) is 0 Å². The first kappa shape index (κ1) is 13.8. The standard InChI is InChI=1S/C8H17N3.FH/c1-4-9-8-10-6-5-7-11(2)3;/h4-7H2,1-3H3;1H. The molecule has 0 aliphatic carbocycles. The third-order valence-electron chi connectivity index (χ3n) is 1.17. The quantitative estimate of drug-likeness (QED) is 0.457. The molecule has 0 saturated heterocycles. The maximum Gasteiger partial charge on any atom is 0.0892 e. The fraction of sp³-hybridized carbons (Fsp3) is 0.875. The van der Waals surface area contributed by atoms with Gasteiger partial charge in [0.05, 0.1) is 12.6 Å². The van der Waals surface area contributed by atoms with E-state index in [9.17, 15) is 0 Å². The van der Waals surface area contributed by atoms with E-state index in [1.54, 1.807) is 0 Å². The van der Waals surface area contributed by atoms with E-state index in [1.807, 2.05) is 6.92 Å². The summed E-state index contributed by atoms with van der Waals surface area (Å²) in [7, 11) is 4.12. The van der Waals surface area contributed by atoms with Crippen molar-refractivity contribution in [2.24, 2.45) is 9.98 Å². The third-order valence-corrected chi connectivity index (χ3v) is 1.17. The molecule has 0 saturated carbocycles. The lowest BCUT2D eigenvalue weighted by molar-refractivity contribution is 0.403. The second kappa shape index (κ2) is 10.3. The predicted molar refractivity (Wildman–Crippen MR) is 50.9 cm³/mol. The van der Waals surface area contributed by atoms with Crippen molar-refractivity contribution in [3.63, 3.8) is 0 Å². The summed E-state index contributed by atoms with van der Waals surface area (Å²) in [6.45, 7) is 4.67. The molecule has 0 heterocycles. The predicted octanol–water partition coefficient (Wildman–Crippen LogP) is 1.28. The fourth-order valence-electron chi connectivity index (χ4n) is 0.637. The molecule has 0 aliphatic heterocycles. The van der Waals surface area contributed by atoms with Gasteiger partial charge >= 0.3 is 0 Å². The first-order valence-corrected chi connectivity index (χ1v) is 4.00. The number of hydrogen-bond donors (Lipinski definition) is 0. The molecule has 0 aliphatic rings. The molecule has 3 nitrogen and oxygen atoms in total. The Kier molecular flexibility index (Phi) is 11.8. The average molecular weight is 175 g/mol. The molecular formula is C8H18FN3. The van der Waals surface area contributed by atoms with Crippen LogP contribution in [0.2, 0.25) is 0 Å². The largest absolute Gasteiger partial charge is 0.309 e. The molecule has 0 amide bonds. The summed E-state index contributed by atoms with van der Waals surface area (Å²) >= 11 is 0. The van der Waals surface area contributed by atoms with Crippen molar-refractivity contribution in [3.8, 4) is 0 Å². The third kappa shape index (κ3) is 12.0. The van der Waals surface area contributed by atoms with Crippen LogP contribution in [0.15, 0.2) is 9.98 Å². The van der Waals surface area contributed by atoms with Crippen molar-refractivity contribution in [1.29, 1.82) is 0 Å². The van der Waals surface area contributed by atoms with Gasteiger partial charge in [0, 0.05) is 6.54 Å². The van der Waals surface area contributed by atoms with Crippen LogP contribution in [-0.2, 0) is 0 Å². The highest BCUT2D eigenvalue weighted by molar-refractivity contribution is 5.40. The van der Waals surface area contributed by atoms with Crippen molar-refractivity contribution in [3.05, 3.63) is 0 Å². The van der Waals surface area contributed by atoms with Crippen LogP contribution in [0.25, 0.3) is 0 Å². The SMILES string of the molecule is CCN=C=NCCCN(C)C.F. The number of hydrogen-bond acceptors (Lipinski definition) is 3. The smallest absolute Gasteiger partial charge is 0.0892 e. The van der Waals surface area contributed by atoms with Gasteiger partial charge in [0.2, 0.25) is 0 Å². The molecule has 0 atom stereocenters.